The summed E-state index contributed by atoms with van der Waals surface area (Å²) in [6, 6.07) is 21.3. The molecular formula is C29H30FN5O3. The van der Waals surface area contributed by atoms with Crippen LogP contribution in [0.3, 0.4) is 0 Å². The summed E-state index contributed by atoms with van der Waals surface area (Å²) in [6.07, 6.45) is 2.98. The number of ether oxygens (including phenoxy) is 2. The zero-order valence-electron chi connectivity index (χ0n) is 21.4. The summed E-state index contributed by atoms with van der Waals surface area (Å²) in [6.45, 7) is 5.98. The highest BCUT2D eigenvalue weighted by Gasteiger charge is 2.15. The first-order valence-electron chi connectivity index (χ1n) is 12.4. The van der Waals surface area contributed by atoms with Crippen LogP contribution >= 0.6 is 0 Å². The van der Waals surface area contributed by atoms with Crippen molar-refractivity contribution in [2.24, 2.45) is 0 Å². The second kappa shape index (κ2) is 13.0. The van der Waals surface area contributed by atoms with Gasteiger partial charge in [-0.05, 0) is 73.0 Å². The van der Waals surface area contributed by atoms with E-state index in [0.717, 1.165) is 22.6 Å². The van der Waals surface area contributed by atoms with Gasteiger partial charge in [-0.3, -0.25) is 4.79 Å². The summed E-state index contributed by atoms with van der Waals surface area (Å²) in [5, 5.41) is 10.7. The molecule has 3 aromatic carbocycles. The minimum atomic E-state index is -0.398. The van der Waals surface area contributed by atoms with E-state index in [2.05, 4.69) is 20.7 Å². The van der Waals surface area contributed by atoms with Gasteiger partial charge >= 0.3 is 0 Å². The Morgan fingerprint density at radius 1 is 0.842 bits per heavy atom. The van der Waals surface area contributed by atoms with E-state index in [0.29, 0.717) is 43.8 Å². The van der Waals surface area contributed by atoms with Gasteiger partial charge in [0.2, 0.25) is 11.9 Å². The fraction of sp³-hybridized carbons (Fsp3) is 0.207. The molecule has 0 radical (unpaired) electrons. The summed E-state index contributed by atoms with van der Waals surface area (Å²) in [5.41, 5.74) is 2.69. The zero-order valence-corrected chi connectivity index (χ0v) is 21.4. The van der Waals surface area contributed by atoms with E-state index >= 15 is 0 Å². The predicted octanol–water partition coefficient (Wildman–Crippen LogP) is 5.79. The van der Waals surface area contributed by atoms with Crippen LogP contribution in [0, 0.1) is 5.82 Å². The summed E-state index contributed by atoms with van der Waals surface area (Å²) >= 11 is 0. The predicted molar refractivity (Wildman–Crippen MR) is 146 cm³/mol. The maximum atomic E-state index is 13.2. The van der Waals surface area contributed by atoms with E-state index < -0.39 is 5.91 Å². The van der Waals surface area contributed by atoms with Crippen LogP contribution in [-0.4, -0.2) is 33.9 Å². The number of anilines is 2. The van der Waals surface area contributed by atoms with E-state index in [1.54, 1.807) is 18.2 Å². The van der Waals surface area contributed by atoms with Gasteiger partial charge in [-0.15, -0.1) is 5.10 Å². The quantitative estimate of drug-likeness (QED) is 0.231. The van der Waals surface area contributed by atoms with Gasteiger partial charge in [-0.1, -0.05) is 36.4 Å². The van der Waals surface area contributed by atoms with Crippen LogP contribution in [0.15, 0.2) is 78.9 Å². The van der Waals surface area contributed by atoms with E-state index in [9.17, 15) is 9.18 Å². The Bertz CT molecular complexity index is 1350. The number of nitrogens with one attached hydrogen (secondary N) is 2. The lowest BCUT2D eigenvalue weighted by molar-refractivity contribution is 0.0957. The zero-order chi connectivity index (χ0) is 26.7. The SMILES string of the molecule is CCOc1ccc(CNc2nc(NCc3ccc(OCC)cc3)n(C(=O)C=Cc3ccc(F)cc3)n2)cc1. The highest BCUT2D eigenvalue weighted by atomic mass is 19.1. The van der Waals surface area contributed by atoms with Crippen molar-refractivity contribution in [3.05, 3.63) is 101 Å². The Morgan fingerprint density at radius 2 is 1.39 bits per heavy atom. The van der Waals surface area contributed by atoms with Crippen LogP contribution in [0.25, 0.3) is 6.08 Å². The Hall–Kier alpha value is -4.66. The van der Waals surface area contributed by atoms with Crippen molar-refractivity contribution in [3.8, 4) is 11.5 Å². The first-order chi connectivity index (χ1) is 18.5. The van der Waals surface area contributed by atoms with Gasteiger partial charge in [0.25, 0.3) is 5.91 Å². The van der Waals surface area contributed by atoms with Crippen molar-refractivity contribution < 1.29 is 18.7 Å². The third-order valence-corrected chi connectivity index (χ3v) is 5.47. The van der Waals surface area contributed by atoms with Gasteiger partial charge in [0.05, 0.1) is 13.2 Å². The fourth-order valence-corrected chi connectivity index (χ4v) is 3.57. The molecule has 8 nitrogen and oxygen atoms in total. The van der Waals surface area contributed by atoms with Crippen LogP contribution in [0.5, 0.6) is 11.5 Å². The second-order valence-electron chi connectivity index (χ2n) is 8.25. The number of aromatic nitrogens is 3. The molecule has 38 heavy (non-hydrogen) atoms. The molecule has 2 N–H and O–H groups in total. The molecule has 0 aliphatic rings. The summed E-state index contributed by atoms with van der Waals surface area (Å²) in [5.74, 6) is 1.46. The van der Waals surface area contributed by atoms with Crippen LogP contribution in [0.1, 0.15) is 35.3 Å². The number of halogens is 1. The number of nitrogens with zero attached hydrogens (tertiary/aromatic N) is 3. The number of allylic oxidation sites excluding steroid dienone is 1. The van der Waals surface area contributed by atoms with E-state index in [-0.39, 0.29) is 5.82 Å². The molecule has 196 valence electrons. The molecular weight excluding hydrogens is 485 g/mol. The lowest BCUT2D eigenvalue weighted by Gasteiger charge is -2.07. The lowest BCUT2D eigenvalue weighted by atomic mass is 10.2. The molecule has 0 bridgehead atoms. The van der Waals surface area contributed by atoms with Gasteiger partial charge in [0.15, 0.2) is 0 Å². The fourth-order valence-electron chi connectivity index (χ4n) is 3.57. The van der Waals surface area contributed by atoms with Gasteiger partial charge in [0.1, 0.15) is 17.3 Å². The number of benzene rings is 3. The van der Waals surface area contributed by atoms with Crippen molar-refractivity contribution in [2.75, 3.05) is 23.8 Å². The van der Waals surface area contributed by atoms with Gasteiger partial charge in [0, 0.05) is 19.2 Å². The van der Waals surface area contributed by atoms with Crippen molar-refractivity contribution in [1.29, 1.82) is 0 Å². The van der Waals surface area contributed by atoms with E-state index in [1.165, 1.54) is 22.9 Å². The molecule has 0 saturated heterocycles. The maximum absolute atomic E-state index is 13.2. The topological polar surface area (TPSA) is 90.3 Å². The first kappa shape index (κ1) is 26.4. The van der Waals surface area contributed by atoms with Crippen molar-refractivity contribution in [2.45, 2.75) is 26.9 Å². The number of carbonyl (C=O) groups excluding carboxylic acids is 1. The second-order valence-corrected chi connectivity index (χ2v) is 8.25. The molecule has 0 fully saturated rings. The average Bonchev–Trinajstić information content (AvgIpc) is 3.35. The number of hydrogen-bond donors (Lipinski definition) is 2. The molecule has 0 aliphatic carbocycles. The van der Waals surface area contributed by atoms with E-state index in [4.69, 9.17) is 9.47 Å². The molecule has 1 aromatic heterocycles. The molecule has 0 amide bonds. The minimum Gasteiger partial charge on any atom is -0.494 e. The highest BCUT2D eigenvalue weighted by molar-refractivity contribution is 5.94. The first-order valence-corrected chi connectivity index (χ1v) is 12.4. The average molecular weight is 516 g/mol. The Kier molecular flexibility index (Phi) is 9.07. The number of carbonyl (C=O) groups is 1. The molecule has 4 rings (SSSR count). The number of hydrogen-bond acceptors (Lipinski definition) is 7. The number of rotatable bonds is 12. The standard InChI is InChI=1S/C29H30FN5O3/c1-3-37-25-14-7-22(8-15-25)19-31-28-33-29(32-20-23-9-16-26(17-10-23)38-4-2)35(34-28)27(36)18-11-21-5-12-24(30)13-6-21/h5-18H,3-4,19-20H2,1-2H3,(H2,31,32,33,34). The maximum Gasteiger partial charge on any atom is 0.274 e. The molecule has 0 unspecified atom stereocenters. The summed E-state index contributed by atoms with van der Waals surface area (Å²) in [7, 11) is 0. The molecule has 0 atom stereocenters. The molecule has 0 aliphatic heterocycles. The van der Waals surface area contributed by atoms with Crippen molar-refractivity contribution in [1.82, 2.24) is 14.8 Å². The summed E-state index contributed by atoms with van der Waals surface area (Å²) in [4.78, 5) is 17.5. The van der Waals surface area contributed by atoms with E-state index in [1.807, 2.05) is 62.4 Å². The van der Waals surface area contributed by atoms with Crippen LogP contribution in [0.4, 0.5) is 16.3 Å². The Labute approximate surface area is 221 Å². The lowest BCUT2D eigenvalue weighted by Crippen LogP contribution is -2.14. The van der Waals surface area contributed by atoms with Crippen molar-refractivity contribution >= 4 is 23.9 Å². The normalized spacial score (nSPS) is 10.9. The molecule has 1 heterocycles. The minimum absolute atomic E-state index is 0.293. The Morgan fingerprint density at radius 3 is 1.95 bits per heavy atom. The monoisotopic (exact) mass is 515 g/mol. The van der Waals surface area contributed by atoms with Crippen molar-refractivity contribution in [3.63, 3.8) is 0 Å². The third-order valence-electron chi connectivity index (χ3n) is 5.47. The third kappa shape index (κ3) is 7.42. The molecule has 0 spiro atoms. The van der Waals surface area contributed by atoms with Crippen LogP contribution < -0.4 is 20.1 Å². The smallest absolute Gasteiger partial charge is 0.274 e. The van der Waals surface area contributed by atoms with Gasteiger partial charge in [-0.2, -0.15) is 9.67 Å². The van der Waals surface area contributed by atoms with Gasteiger partial charge < -0.3 is 20.1 Å². The van der Waals surface area contributed by atoms with Crippen LogP contribution in [0.2, 0.25) is 0 Å². The molecule has 9 heteroatoms. The molecule has 0 saturated carbocycles. The van der Waals surface area contributed by atoms with Gasteiger partial charge in [-0.25, -0.2) is 4.39 Å². The highest BCUT2D eigenvalue weighted by Crippen LogP contribution is 2.17. The molecule has 4 aromatic rings. The largest absolute Gasteiger partial charge is 0.494 e. The van der Waals surface area contributed by atoms with Crippen LogP contribution in [-0.2, 0) is 13.1 Å². The Balaban J connectivity index is 1.49. The summed E-state index contributed by atoms with van der Waals surface area (Å²) < 4.78 is 25.4.